The molecule has 1 unspecified atom stereocenters. The van der Waals surface area contributed by atoms with Crippen LogP contribution in [0, 0.1) is 5.82 Å². The summed E-state index contributed by atoms with van der Waals surface area (Å²) in [4.78, 5) is 10.8. The molecule has 2 rings (SSSR count). The Hall–Kier alpha value is -1.09. The highest BCUT2D eigenvalue weighted by molar-refractivity contribution is 6.30. The van der Waals surface area contributed by atoms with Crippen LogP contribution in [0.25, 0.3) is 0 Å². The van der Waals surface area contributed by atoms with E-state index >= 15 is 0 Å². The fraction of sp³-hybridized carbons (Fsp3) is 0.533. The standard InChI is InChI=1S/C15H19ClFNO/c1-2-4-14(18-10-19)15(7-3-8-15)11-5-6-12(16)13(17)9-11/h5-6,9-10,14H,2-4,7-8H2,1H3,(H,18,19). The fourth-order valence-corrected chi connectivity index (χ4v) is 3.21. The van der Waals surface area contributed by atoms with E-state index in [0.29, 0.717) is 0 Å². The second-order valence-corrected chi connectivity index (χ2v) is 5.67. The molecule has 0 aliphatic heterocycles. The van der Waals surface area contributed by atoms with Gasteiger partial charge >= 0.3 is 0 Å². The fourth-order valence-electron chi connectivity index (χ4n) is 3.09. The molecule has 1 fully saturated rings. The molecule has 1 aromatic rings. The van der Waals surface area contributed by atoms with E-state index in [1.807, 2.05) is 6.07 Å². The summed E-state index contributed by atoms with van der Waals surface area (Å²) >= 11 is 5.75. The van der Waals surface area contributed by atoms with Crippen molar-refractivity contribution in [3.63, 3.8) is 0 Å². The van der Waals surface area contributed by atoms with Crippen LogP contribution in [0.4, 0.5) is 4.39 Å². The Labute approximate surface area is 118 Å². The molecule has 0 saturated heterocycles. The third-order valence-electron chi connectivity index (χ3n) is 4.25. The molecule has 19 heavy (non-hydrogen) atoms. The number of carbonyl (C=O) groups excluding carboxylic acids is 1. The lowest BCUT2D eigenvalue weighted by molar-refractivity contribution is -0.111. The Morgan fingerprint density at radius 2 is 2.26 bits per heavy atom. The highest BCUT2D eigenvalue weighted by Gasteiger charge is 2.45. The number of hydrogen-bond acceptors (Lipinski definition) is 1. The lowest BCUT2D eigenvalue weighted by atomic mass is 9.59. The molecule has 0 radical (unpaired) electrons. The average molecular weight is 284 g/mol. The minimum Gasteiger partial charge on any atom is -0.355 e. The first kappa shape index (κ1) is 14.3. The summed E-state index contributed by atoms with van der Waals surface area (Å²) in [5.74, 6) is -0.383. The van der Waals surface area contributed by atoms with Crippen LogP contribution in [0.5, 0.6) is 0 Å². The van der Waals surface area contributed by atoms with Gasteiger partial charge in [0.1, 0.15) is 5.82 Å². The number of rotatable bonds is 6. The Morgan fingerprint density at radius 3 is 2.74 bits per heavy atom. The Kier molecular flexibility index (Phi) is 4.46. The van der Waals surface area contributed by atoms with Gasteiger partial charge in [0, 0.05) is 11.5 Å². The van der Waals surface area contributed by atoms with Crippen molar-refractivity contribution in [1.29, 1.82) is 0 Å². The molecule has 1 aliphatic carbocycles. The third kappa shape index (κ3) is 2.62. The smallest absolute Gasteiger partial charge is 0.207 e. The van der Waals surface area contributed by atoms with Crippen molar-refractivity contribution in [3.8, 4) is 0 Å². The number of nitrogens with one attached hydrogen (secondary N) is 1. The van der Waals surface area contributed by atoms with E-state index in [-0.39, 0.29) is 22.3 Å². The van der Waals surface area contributed by atoms with E-state index in [2.05, 4.69) is 12.2 Å². The summed E-state index contributed by atoms with van der Waals surface area (Å²) in [6.45, 7) is 2.09. The SMILES string of the molecule is CCCC(NC=O)C1(c2ccc(Cl)c(F)c2)CCC1. The van der Waals surface area contributed by atoms with E-state index in [4.69, 9.17) is 11.6 Å². The number of amides is 1. The summed E-state index contributed by atoms with van der Waals surface area (Å²) in [5.41, 5.74) is 0.830. The van der Waals surface area contributed by atoms with Gasteiger partial charge in [-0.3, -0.25) is 4.79 Å². The molecule has 0 heterocycles. The summed E-state index contributed by atoms with van der Waals surface area (Å²) in [7, 11) is 0. The molecule has 1 N–H and O–H groups in total. The highest BCUT2D eigenvalue weighted by atomic mass is 35.5. The van der Waals surface area contributed by atoms with Gasteiger partial charge in [-0.15, -0.1) is 0 Å². The molecule has 1 amide bonds. The quantitative estimate of drug-likeness (QED) is 0.790. The lowest BCUT2D eigenvalue weighted by Crippen LogP contribution is -2.52. The predicted molar refractivity (Wildman–Crippen MR) is 74.8 cm³/mol. The maximum atomic E-state index is 13.7. The van der Waals surface area contributed by atoms with Crippen molar-refractivity contribution in [2.24, 2.45) is 0 Å². The van der Waals surface area contributed by atoms with Crippen LogP contribution in [0.1, 0.15) is 44.6 Å². The van der Waals surface area contributed by atoms with E-state index in [0.717, 1.165) is 44.1 Å². The molecule has 1 aliphatic rings. The number of halogens is 2. The summed E-state index contributed by atoms with van der Waals surface area (Å²) in [6, 6.07) is 5.09. The maximum absolute atomic E-state index is 13.7. The Bertz CT molecular complexity index is 459. The van der Waals surface area contributed by atoms with Gasteiger partial charge in [-0.1, -0.05) is 37.4 Å². The van der Waals surface area contributed by atoms with Gasteiger partial charge < -0.3 is 5.32 Å². The minimum absolute atomic E-state index is 0.0734. The third-order valence-corrected chi connectivity index (χ3v) is 4.56. The second-order valence-electron chi connectivity index (χ2n) is 5.26. The highest BCUT2D eigenvalue weighted by Crippen LogP contribution is 2.48. The van der Waals surface area contributed by atoms with Crippen molar-refractivity contribution < 1.29 is 9.18 Å². The van der Waals surface area contributed by atoms with Crippen molar-refractivity contribution >= 4 is 18.0 Å². The van der Waals surface area contributed by atoms with Gasteiger partial charge in [-0.2, -0.15) is 0 Å². The molecular weight excluding hydrogens is 265 g/mol. The first-order valence-electron chi connectivity index (χ1n) is 6.79. The first-order valence-corrected chi connectivity index (χ1v) is 7.17. The molecule has 104 valence electrons. The van der Waals surface area contributed by atoms with E-state index in [1.54, 1.807) is 6.07 Å². The van der Waals surface area contributed by atoms with Gasteiger partial charge in [0.05, 0.1) is 5.02 Å². The summed E-state index contributed by atoms with van der Waals surface area (Å²) in [6.07, 6.45) is 5.74. The molecule has 2 nitrogen and oxygen atoms in total. The van der Waals surface area contributed by atoms with E-state index < -0.39 is 0 Å². The zero-order chi connectivity index (χ0) is 13.9. The van der Waals surface area contributed by atoms with Crippen molar-refractivity contribution in [3.05, 3.63) is 34.6 Å². The average Bonchev–Trinajstić information content (AvgIpc) is 2.33. The van der Waals surface area contributed by atoms with Crippen molar-refractivity contribution in [2.75, 3.05) is 0 Å². The van der Waals surface area contributed by atoms with Crippen molar-refractivity contribution in [2.45, 2.75) is 50.5 Å². The van der Waals surface area contributed by atoms with Gasteiger partial charge in [0.25, 0.3) is 0 Å². The monoisotopic (exact) mass is 283 g/mol. The molecular formula is C15H19ClFNO. The lowest BCUT2D eigenvalue weighted by Gasteiger charge is -2.48. The van der Waals surface area contributed by atoms with Crippen molar-refractivity contribution in [1.82, 2.24) is 5.32 Å². The van der Waals surface area contributed by atoms with Crippen LogP contribution in [0.15, 0.2) is 18.2 Å². The molecule has 0 bridgehead atoms. The summed E-state index contributed by atoms with van der Waals surface area (Å²) < 4.78 is 13.7. The number of hydrogen-bond donors (Lipinski definition) is 1. The Balaban J connectivity index is 2.34. The molecule has 1 aromatic carbocycles. The van der Waals surface area contributed by atoms with Crippen LogP contribution in [-0.2, 0) is 10.2 Å². The van der Waals surface area contributed by atoms with Crippen LogP contribution in [0.2, 0.25) is 5.02 Å². The van der Waals surface area contributed by atoms with E-state index in [9.17, 15) is 9.18 Å². The van der Waals surface area contributed by atoms with Gasteiger partial charge in [0.15, 0.2) is 0 Å². The minimum atomic E-state index is -0.383. The van der Waals surface area contributed by atoms with Crippen LogP contribution >= 0.6 is 11.6 Å². The van der Waals surface area contributed by atoms with Gasteiger partial charge in [-0.25, -0.2) is 4.39 Å². The largest absolute Gasteiger partial charge is 0.355 e. The Morgan fingerprint density at radius 1 is 1.53 bits per heavy atom. The van der Waals surface area contributed by atoms with Gasteiger partial charge in [-0.05, 0) is 37.0 Å². The molecule has 1 atom stereocenters. The summed E-state index contributed by atoms with van der Waals surface area (Å²) in [5, 5.41) is 3.07. The van der Waals surface area contributed by atoms with E-state index in [1.165, 1.54) is 6.07 Å². The molecule has 0 aromatic heterocycles. The zero-order valence-electron chi connectivity index (χ0n) is 11.1. The number of benzene rings is 1. The predicted octanol–water partition coefficient (Wildman–Crippen LogP) is 3.82. The van der Waals surface area contributed by atoms with Crippen LogP contribution < -0.4 is 5.32 Å². The molecule has 0 spiro atoms. The normalized spacial score (nSPS) is 18.5. The molecule has 1 saturated carbocycles. The topological polar surface area (TPSA) is 29.1 Å². The second kappa shape index (κ2) is 5.91. The van der Waals surface area contributed by atoms with Crippen LogP contribution in [-0.4, -0.2) is 12.5 Å². The maximum Gasteiger partial charge on any atom is 0.207 e. The number of carbonyl (C=O) groups is 1. The van der Waals surface area contributed by atoms with Gasteiger partial charge in [0.2, 0.25) is 6.41 Å². The zero-order valence-corrected chi connectivity index (χ0v) is 11.8. The van der Waals surface area contributed by atoms with Crippen LogP contribution in [0.3, 0.4) is 0 Å². The molecule has 4 heteroatoms. The first-order chi connectivity index (χ1) is 9.14.